The Balaban J connectivity index is 1.97. The van der Waals surface area contributed by atoms with Crippen LogP contribution in [0.3, 0.4) is 0 Å². The van der Waals surface area contributed by atoms with Crippen molar-refractivity contribution in [1.29, 1.82) is 0 Å². The fraction of sp³-hybridized carbons (Fsp3) is 0.100. The number of rotatable bonds is 5. The molecule has 12 heteroatoms. The lowest BCUT2D eigenvalue weighted by atomic mass is 10.1. The zero-order valence-electron chi connectivity index (χ0n) is 16.1. The molecule has 0 aromatic heterocycles. The normalized spacial score (nSPS) is 15.1. The number of methoxy groups -OCH3 is 1. The van der Waals surface area contributed by atoms with E-state index in [1.54, 1.807) is 30.3 Å². The zero-order chi connectivity index (χ0) is 23.6. The van der Waals surface area contributed by atoms with Gasteiger partial charge in [0, 0.05) is 0 Å². The Kier molecular flexibility index (Phi) is 8.15. The molecule has 0 unspecified atom stereocenters. The minimum absolute atomic E-state index is 0.108. The van der Waals surface area contributed by atoms with Crippen molar-refractivity contribution < 1.29 is 23.9 Å². The standard InChI is InChI=1S/C20H12BrCl2IN2O5S/c1-30-15(27)8-31-17-11(21)6-9(7-13(17)24)5-10-18(28)25-20(32)26(19(10)29)14-4-2-3-12(22)16(14)23/h2-7H,8H2,1H3,(H,25,28,32)/b10-5+. The highest BCUT2D eigenvalue weighted by Gasteiger charge is 2.35. The molecule has 166 valence electrons. The second-order valence-corrected chi connectivity index (χ2v) is 9.40. The van der Waals surface area contributed by atoms with Crippen LogP contribution < -0.4 is 15.0 Å². The third kappa shape index (κ3) is 5.25. The summed E-state index contributed by atoms with van der Waals surface area (Å²) in [5, 5.41) is 2.75. The fourth-order valence-electron chi connectivity index (χ4n) is 2.70. The van der Waals surface area contributed by atoms with E-state index >= 15 is 0 Å². The van der Waals surface area contributed by atoms with Gasteiger partial charge in [-0.05, 0) is 86.6 Å². The summed E-state index contributed by atoms with van der Waals surface area (Å²) in [6.07, 6.45) is 1.42. The second-order valence-electron chi connectivity index (χ2n) is 6.21. The zero-order valence-corrected chi connectivity index (χ0v) is 22.2. The number of ether oxygens (including phenoxy) is 2. The number of anilines is 1. The molecular formula is C20H12BrCl2IN2O5S. The monoisotopic (exact) mass is 668 g/mol. The van der Waals surface area contributed by atoms with Crippen LogP contribution in [0.4, 0.5) is 5.69 Å². The van der Waals surface area contributed by atoms with Gasteiger partial charge < -0.3 is 9.47 Å². The van der Waals surface area contributed by atoms with Crippen molar-refractivity contribution in [3.8, 4) is 5.75 Å². The van der Waals surface area contributed by atoms with Crippen molar-refractivity contribution in [2.75, 3.05) is 18.6 Å². The molecule has 2 amide bonds. The molecular weight excluding hydrogens is 658 g/mol. The predicted molar refractivity (Wildman–Crippen MR) is 137 cm³/mol. The highest BCUT2D eigenvalue weighted by Crippen LogP contribution is 2.35. The van der Waals surface area contributed by atoms with Gasteiger partial charge >= 0.3 is 5.97 Å². The lowest BCUT2D eigenvalue weighted by molar-refractivity contribution is -0.143. The van der Waals surface area contributed by atoms with E-state index in [9.17, 15) is 14.4 Å². The molecule has 32 heavy (non-hydrogen) atoms. The minimum atomic E-state index is -0.653. The predicted octanol–water partition coefficient (Wildman–Crippen LogP) is 4.74. The van der Waals surface area contributed by atoms with E-state index in [1.165, 1.54) is 13.2 Å². The average molecular weight is 670 g/mol. The van der Waals surface area contributed by atoms with Gasteiger partial charge in [-0.25, -0.2) is 4.79 Å². The maximum Gasteiger partial charge on any atom is 0.343 e. The number of nitrogens with zero attached hydrogens (tertiary/aromatic N) is 1. The minimum Gasteiger partial charge on any atom is -0.480 e. The number of thiocarbonyl (C=S) groups is 1. The summed E-state index contributed by atoms with van der Waals surface area (Å²) >= 11 is 22.9. The fourth-order valence-corrected chi connectivity index (χ4v) is 5.12. The molecule has 2 aromatic carbocycles. The number of amides is 2. The second kappa shape index (κ2) is 10.5. The maximum atomic E-state index is 13.2. The van der Waals surface area contributed by atoms with Gasteiger partial charge in [-0.3, -0.25) is 19.8 Å². The number of carbonyl (C=O) groups is 3. The molecule has 0 radical (unpaired) electrons. The third-order valence-electron chi connectivity index (χ3n) is 4.17. The first kappa shape index (κ1) is 24.9. The van der Waals surface area contributed by atoms with Gasteiger partial charge in [-0.15, -0.1) is 0 Å². The largest absolute Gasteiger partial charge is 0.480 e. The first-order valence-corrected chi connectivity index (χ1v) is 11.7. The van der Waals surface area contributed by atoms with Crippen LogP contribution in [0.15, 0.2) is 40.4 Å². The molecule has 1 aliphatic rings. The molecule has 0 aliphatic carbocycles. The quantitative estimate of drug-likeness (QED) is 0.163. The summed E-state index contributed by atoms with van der Waals surface area (Å²) in [6, 6.07) is 8.09. The van der Waals surface area contributed by atoms with Crippen molar-refractivity contribution in [2.24, 2.45) is 0 Å². The average Bonchev–Trinajstić information content (AvgIpc) is 2.73. The summed E-state index contributed by atoms with van der Waals surface area (Å²) in [7, 11) is 1.26. The van der Waals surface area contributed by atoms with Gasteiger partial charge in [0.2, 0.25) is 0 Å². The summed E-state index contributed by atoms with van der Waals surface area (Å²) in [4.78, 5) is 38.2. The molecule has 0 spiro atoms. The molecule has 0 saturated carbocycles. The molecule has 1 fully saturated rings. The van der Waals surface area contributed by atoms with Crippen molar-refractivity contribution in [2.45, 2.75) is 0 Å². The summed E-state index contributed by atoms with van der Waals surface area (Å²) in [5.41, 5.74) is 0.637. The van der Waals surface area contributed by atoms with Crippen molar-refractivity contribution in [1.82, 2.24) is 5.32 Å². The molecule has 7 nitrogen and oxygen atoms in total. The third-order valence-corrected chi connectivity index (χ3v) is 6.65. The van der Waals surface area contributed by atoms with Crippen LogP contribution in [-0.2, 0) is 19.1 Å². The van der Waals surface area contributed by atoms with Gasteiger partial charge in [0.25, 0.3) is 11.8 Å². The Bertz CT molecular complexity index is 1170. The number of hydrogen-bond acceptors (Lipinski definition) is 6. The molecule has 0 bridgehead atoms. The van der Waals surface area contributed by atoms with E-state index in [-0.39, 0.29) is 33.0 Å². The van der Waals surface area contributed by atoms with Crippen LogP contribution >= 0.6 is 73.9 Å². The number of benzene rings is 2. The van der Waals surface area contributed by atoms with Crippen LogP contribution in [0.5, 0.6) is 5.75 Å². The van der Waals surface area contributed by atoms with Gasteiger partial charge in [0.15, 0.2) is 11.7 Å². The molecule has 3 rings (SSSR count). The SMILES string of the molecule is COC(=O)COc1c(Br)cc(/C=C2\C(=O)NC(=S)N(c3cccc(Cl)c3Cl)C2=O)cc1I. The van der Waals surface area contributed by atoms with Gasteiger partial charge in [-0.1, -0.05) is 29.3 Å². The summed E-state index contributed by atoms with van der Waals surface area (Å²) in [5.74, 6) is -1.41. The molecule has 1 N–H and O–H groups in total. The van der Waals surface area contributed by atoms with Crippen LogP contribution in [0.1, 0.15) is 5.56 Å². The van der Waals surface area contributed by atoms with Crippen molar-refractivity contribution >= 4 is 109 Å². The molecule has 1 heterocycles. The summed E-state index contributed by atoms with van der Waals surface area (Å²) < 4.78 is 11.2. The number of nitrogens with one attached hydrogen (secondary N) is 1. The molecule has 0 atom stereocenters. The Morgan fingerprint density at radius 1 is 1.31 bits per heavy atom. The van der Waals surface area contributed by atoms with Crippen LogP contribution in [0, 0.1) is 3.57 Å². The van der Waals surface area contributed by atoms with Crippen LogP contribution in [0.2, 0.25) is 10.0 Å². The van der Waals surface area contributed by atoms with Gasteiger partial charge in [-0.2, -0.15) is 0 Å². The number of halogens is 4. The Hall–Kier alpha value is -1.73. The molecule has 1 saturated heterocycles. The van der Waals surface area contributed by atoms with E-state index in [2.05, 4.69) is 26.0 Å². The Labute approximate surface area is 220 Å². The molecule has 2 aromatic rings. The van der Waals surface area contributed by atoms with Crippen LogP contribution in [-0.4, -0.2) is 36.6 Å². The van der Waals surface area contributed by atoms with E-state index in [4.69, 9.17) is 40.2 Å². The highest BCUT2D eigenvalue weighted by molar-refractivity contribution is 14.1. The highest BCUT2D eigenvalue weighted by atomic mass is 127. The lowest BCUT2D eigenvalue weighted by Crippen LogP contribution is -2.54. The number of esters is 1. The summed E-state index contributed by atoms with van der Waals surface area (Å²) in [6.45, 7) is -0.265. The van der Waals surface area contributed by atoms with E-state index in [0.717, 1.165) is 4.90 Å². The smallest absolute Gasteiger partial charge is 0.343 e. The van der Waals surface area contributed by atoms with E-state index in [0.29, 0.717) is 19.4 Å². The van der Waals surface area contributed by atoms with E-state index < -0.39 is 17.8 Å². The molecule has 1 aliphatic heterocycles. The van der Waals surface area contributed by atoms with Crippen molar-refractivity contribution in [3.63, 3.8) is 0 Å². The van der Waals surface area contributed by atoms with Gasteiger partial charge in [0.1, 0.15) is 11.3 Å². The maximum absolute atomic E-state index is 13.2. The Morgan fingerprint density at radius 2 is 2.03 bits per heavy atom. The first-order valence-electron chi connectivity index (χ1n) is 8.68. The van der Waals surface area contributed by atoms with Gasteiger partial charge in [0.05, 0.1) is 30.9 Å². The topological polar surface area (TPSA) is 84.9 Å². The van der Waals surface area contributed by atoms with E-state index in [1.807, 2.05) is 22.6 Å². The first-order chi connectivity index (χ1) is 15.1. The number of carbonyl (C=O) groups excluding carboxylic acids is 3. The van der Waals surface area contributed by atoms with Crippen molar-refractivity contribution in [3.05, 3.63) is 59.6 Å². The Morgan fingerprint density at radius 3 is 2.69 bits per heavy atom. The lowest BCUT2D eigenvalue weighted by Gasteiger charge is -2.29. The van der Waals surface area contributed by atoms with Crippen LogP contribution in [0.25, 0.3) is 6.08 Å². The number of hydrogen-bond donors (Lipinski definition) is 1.